The maximum Gasteiger partial charge on any atom is 0.338 e. The lowest BCUT2D eigenvalue weighted by Crippen LogP contribution is -2.36. The van der Waals surface area contributed by atoms with Crippen LogP contribution in [0.3, 0.4) is 0 Å². The van der Waals surface area contributed by atoms with Gasteiger partial charge in [-0.25, -0.2) is 17.6 Å². The summed E-state index contributed by atoms with van der Waals surface area (Å²) in [5, 5.41) is 3.02. The minimum Gasteiger partial charge on any atom is -0.452 e. The Morgan fingerprint density at radius 2 is 1.84 bits per heavy atom. The van der Waals surface area contributed by atoms with Crippen molar-refractivity contribution >= 4 is 39.2 Å². The number of ether oxygens (including phenoxy) is 1. The van der Waals surface area contributed by atoms with Gasteiger partial charge in [-0.15, -0.1) is 0 Å². The normalized spacial score (nSPS) is 14.8. The fraction of sp³-hybridized carbons (Fsp3) is 0.333. The fourth-order valence-electron chi connectivity index (χ4n) is 3.15. The first-order chi connectivity index (χ1) is 14.7. The highest BCUT2D eigenvalue weighted by molar-refractivity contribution is 7.89. The largest absolute Gasteiger partial charge is 0.452 e. The molecule has 1 aliphatic heterocycles. The van der Waals surface area contributed by atoms with Gasteiger partial charge >= 0.3 is 5.97 Å². The molecule has 0 aliphatic carbocycles. The number of anilines is 1. The Labute approximate surface area is 185 Å². The Morgan fingerprint density at radius 3 is 2.52 bits per heavy atom. The highest BCUT2D eigenvalue weighted by Crippen LogP contribution is 2.24. The summed E-state index contributed by atoms with van der Waals surface area (Å²) in [5.74, 6) is -2.49. The van der Waals surface area contributed by atoms with E-state index >= 15 is 0 Å². The van der Waals surface area contributed by atoms with Gasteiger partial charge in [-0.3, -0.25) is 4.79 Å². The second-order valence-electron chi connectivity index (χ2n) is 7.20. The lowest BCUT2D eigenvalue weighted by molar-refractivity contribution is -0.119. The number of rotatable bonds is 6. The van der Waals surface area contributed by atoms with E-state index in [1.807, 2.05) is 6.92 Å². The van der Waals surface area contributed by atoms with Crippen molar-refractivity contribution in [2.45, 2.75) is 31.1 Å². The molecule has 1 N–H and O–H groups in total. The molecule has 1 fully saturated rings. The number of esters is 1. The minimum atomic E-state index is -4.07. The molecule has 0 bridgehead atoms. The number of hydrogen-bond donors (Lipinski definition) is 1. The maximum absolute atomic E-state index is 14.3. The van der Waals surface area contributed by atoms with Crippen molar-refractivity contribution in [2.75, 3.05) is 25.0 Å². The molecule has 3 rings (SSSR count). The molecule has 0 spiro atoms. The van der Waals surface area contributed by atoms with E-state index in [1.54, 1.807) is 18.2 Å². The number of carbonyl (C=O) groups excluding carboxylic acids is 2. The summed E-state index contributed by atoms with van der Waals surface area (Å²) < 4.78 is 46.0. The van der Waals surface area contributed by atoms with Gasteiger partial charge in [0.15, 0.2) is 6.61 Å². The Balaban J connectivity index is 1.67. The van der Waals surface area contributed by atoms with Crippen LogP contribution >= 0.6 is 11.6 Å². The molecule has 1 saturated heterocycles. The van der Waals surface area contributed by atoms with Gasteiger partial charge in [-0.2, -0.15) is 4.31 Å². The number of piperidine rings is 1. The van der Waals surface area contributed by atoms with Crippen molar-refractivity contribution in [3.63, 3.8) is 0 Å². The number of nitrogens with one attached hydrogen (secondary N) is 1. The number of aryl methyl sites for hydroxylation is 1. The Morgan fingerprint density at radius 1 is 1.13 bits per heavy atom. The number of carbonyl (C=O) groups is 2. The van der Waals surface area contributed by atoms with E-state index < -0.39 is 39.2 Å². The number of amides is 1. The van der Waals surface area contributed by atoms with Crippen LogP contribution in [0, 0.1) is 12.7 Å². The van der Waals surface area contributed by atoms with E-state index in [-0.39, 0.29) is 5.56 Å². The molecule has 7 nitrogen and oxygen atoms in total. The molecule has 1 amide bonds. The molecule has 1 aliphatic rings. The zero-order valence-corrected chi connectivity index (χ0v) is 18.4. The molecule has 10 heteroatoms. The van der Waals surface area contributed by atoms with Crippen molar-refractivity contribution in [3.8, 4) is 0 Å². The van der Waals surface area contributed by atoms with E-state index in [9.17, 15) is 22.4 Å². The van der Waals surface area contributed by atoms with Crippen LogP contribution in [0.1, 0.15) is 35.2 Å². The average Bonchev–Trinajstić information content (AvgIpc) is 2.75. The lowest BCUT2D eigenvalue weighted by Gasteiger charge is -2.26. The number of nitrogens with zero attached hydrogens (tertiary/aromatic N) is 1. The van der Waals surface area contributed by atoms with Crippen LogP contribution in [-0.4, -0.2) is 44.3 Å². The molecule has 0 radical (unpaired) electrons. The molecule has 0 atom stereocenters. The third-order valence-electron chi connectivity index (χ3n) is 4.89. The second-order valence-corrected chi connectivity index (χ2v) is 9.51. The van der Waals surface area contributed by atoms with E-state index in [0.29, 0.717) is 36.6 Å². The Hall–Kier alpha value is -2.49. The lowest BCUT2D eigenvalue weighted by atomic mass is 10.2. The first kappa shape index (κ1) is 23.2. The van der Waals surface area contributed by atoms with Gasteiger partial charge in [0.25, 0.3) is 5.91 Å². The van der Waals surface area contributed by atoms with Crippen LogP contribution in [0.25, 0.3) is 0 Å². The maximum atomic E-state index is 14.3. The molecule has 2 aromatic carbocycles. The van der Waals surface area contributed by atoms with Crippen LogP contribution in [0.4, 0.5) is 10.1 Å². The second kappa shape index (κ2) is 9.76. The van der Waals surface area contributed by atoms with E-state index in [0.717, 1.165) is 30.2 Å². The molecular formula is C21H22ClFN2O5S. The first-order valence-electron chi connectivity index (χ1n) is 9.71. The van der Waals surface area contributed by atoms with Gasteiger partial charge in [-0.1, -0.05) is 24.1 Å². The van der Waals surface area contributed by atoms with Gasteiger partial charge < -0.3 is 10.1 Å². The first-order valence-corrected chi connectivity index (χ1v) is 11.5. The number of hydrogen-bond acceptors (Lipinski definition) is 5. The van der Waals surface area contributed by atoms with Crippen LogP contribution in [0.2, 0.25) is 5.02 Å². The Kier molecular flexibility index (Phi) is 7.30. The molecule has 0 unspecified atom stereocenters. The van der Waals surface area contributed by atoms with Crippen molar-refractivity contribution in [2.24, 2.45) is 0 Å². The van der Waals surface area contributed by atoms with Crippen LogP contribution < -0.4 is 5.32 Å². The summed E-state index contributed by atoms with van der Waals surface area (Å²) in [4.78, 5) is 23.8. The van der Waals surface area contributed by atoms with Crippen molar-refractivity contribution in [1.82, 2.24) is 4.31 Å². The molecule has 2 aromatic rings. The van der Waals surface area contributed by atoms with Crippen LogP contribution in [0.5, 0.6) is 0 Å². The van der Waals surface area contributed by atoms with Crippen molar-refractivity contribution in [1.29, 1.82) is 0 Å². The number of sulfonamides is 1. The predicted molar refractivity (Wildman–Crippen MR) is 114 cm³/mol. The van der Waals surface area contributed by atoms with Crippen LogP contribution in [-0.2, 0) is 19.6 Å². The van der Waals surface area contributed by atoms with Gasteiger partial charge in [0.05, 0.1) is 5.56 Å². The summed E-state index contributed by atoms with van der Waals surface area (Å²) in [6.07, 6.45) is 2.31. The third-order valence-corrected chi connectivity index (χ3v) is 7.21. The molecule has 0 aromatic heterocycles. The number of halogens is 2. The average molecular weight is 469 g/mol. The topological polar surface area (TPSA) is 92.8 Å². The van der Waals surface area contributed by atoms with Crippen LogP contribution in [0.15, 0.2) is 41.3 Å². The standard InChI is InChI=1S/C21H22ClFN2O5S/c1-14-5-7-16(12-17(14)22)24-20(26)13-30-21(27)15-6-8-18(23)19(11-15)31(28,29)25-9-3-2-4-10-25/h5-8,11-12H,2-4,9-10,13H2,1H3,(H,24,26). The molecule has 31 heavy (non-hydrogen) atoms. The highest BCUT2D eigenvalue weighted by Gasteiger charge is 2.29. The summed E-state index contributed by atoms with van der Waals surface area (Å²) in [5.41, 5.74) is 1.12. The predicted octanol–water partition coefficient (Wildman–Crippen LogP) is 3.76. The third kappa shape index (κ3) is 5.61. The molecule has 1 heterocycles. The monoisotopic (exact) mass is 468 g/mol. The van der Waals surface area contributed by atoms with E-state index in [4.69, 9.17) is 16.3 Å². The fourth-order valence-corrected chi connectivity index (χ4v) is 4.94. The van der Waals surface area contributed by atoms with Gasteiger partial charge in [0.1, 0.15) is 10.7 Å². The summed E-state index contributed by atoms with van der Waals surface area (Å²) >= 11 is 6.01. The number of benzene rings is 2. The summed E-state index contributed by atoms with van der Waals surface area (Å²) in [6.45, 7) is 1.83. The zero-order valence-electron chi connectivity index (χ0n) is 16.9. The smallest absolute Gasteiger partial charge is 0.338 e. The van der Waals surface area contributed by atoms with Gasteiger partial charge in [0, 0.05) is 23.8 Å². The quantitative estimate of drug-likeness (QED) is 0.651. The summed E-state index contributed by atoms with van der Waals surface area (Å²) in [6, 6.07) is 7.91. The van der Waals surface area contributed by atoms with E-state index in [2.05, 4.69) is 5.32 Å². The van der Waals surface area contributed by atoms with Gasteiger partial charge in [0.2, 0.25) is 10.0 Å². The van der Waals surface area contributed by atoms with Crippen molar-refractivity contribution in [3.05, 3.63) is 58.4 Å². The zero-order chi connectivity index (χ0) is 22.6. The van der Waals surface area contributed by atoms with E-state index in [1.165, 1.54) is 4.31 Å². The SMILES string of the molecule is Cc1ccc(NC(=O)COC(=O)c2ccc(F)c(S(=O)(=O)N3CCCCC3)c2)cc1Cl. The molecular weight excluding hydrogens is 447 g/mol. The molecule has 166 valence electrons. The van der Waals surface area contributed by atoms with Crippen molar-refractivity contribution < 1.29 is 27.1 Å². The minimum absolute atomic E-state index is 0.164. The molecule has 0 saturated carbocycles. The summed E-state index contributed by atoms with van der Waals surface area (Å²) in [7, 11) is -4.07. The highest BCUT2D eigenvalue weighted by atomic mass is 35.5. The van der Waals surface area contributed by atoms with Gasteiger partial charge in [-0.05, 0) is 55.7 Å². The Bertz CT molecular complexity index is 1100.